The summed E-state index contributed by atoms with van der Waals surface area (Å²) in [5.74, 6) is 5.76. The maximum atomic E-state index is 11.9. The molecule has 1 amide bonds. The second-order valence-corrected chi connectivity index (χ2v) is 29.7. The van der Waals surface area contributed by atoms with Crippen molar-refractivity contribution in [1.82, 2.24) is 59.8 Å². The van der Waals surface area contributed by atoms with Gasteiger partial charge in [0.1, 0.15) is 57.5 Å². The molecule has 0 atom stereocenters. The number of nitrogen functional groups attached to an aromatic ring is 1. The largest absolute Gasteiger partial charge is 0.507 e. The van der Waals surface area contributed by atoms with E-state index in [2.05, 4.69) is 65.1 Å². The molecule has 684 valence electrons. The molecule has 0 fully saturated rings. The molecule has 0 saturated heterocycles. The highest BCUT2D eigenvalue weighted by Crippen LogP contribution is 2.40. The Labute approximate surface area is 784 Å². The third-order valence-corrected chi connectivity index (χ3v) is 20.6. The summed E-state index contributed by atoms with van der Waals surface area (Å²) in [4.78, 5) is 114. The highest BCUT2D eigenvalue weighted by Gasteiger charge is 2.24. The monoisotopic (exact) mass is 1830 g/mol. The van der Waals surface area contributed by atoms with Gasteiger partial charge in [-0.1, -0.05) is 96.6 Å². The molecule has 0 aliphatic rings. The first-order valence-electron chi connectivity index (χ1n) is 41.8. The van der Waals surface area contributed by atoms with E-state index in [1.807, 2.05) is 97.9 Å². The van der Waals surface area contributed by atoms with Crippen molar-refractivity contribution in [3.05, 3.63) is 325 Å². The number of nitrogens with one attached hydrogen (secondary N) is 1. The molecule has 0 spiro atoms. The van der Waals surface area contributed by atoms with Crippen molar-refractivity contribution in [3.8, 4) is 194 Å². The quantitative estimate of drug-likeness (QED) is 0.0197. The summed E-state index contributed by atoms with van der Waals surface area (Å²) in [5, 5.41) is 45.0. The van der Waals surface area contributed by atoms with Crippen molar-refractivity contribution in [2.45, 2.75) is 13.8 Å². The number of carbonyl (C=O) groups is 5. The van der Waals surface area contributed by atoms with Gasteiger partial charge in [-0.05, 0) is 189 Å². The molecule has 4 heterocycles. The Morgan fingerprint density at radius 3 is 0.701 bits per heavy atom. The Morgan fingerprint density at radius 2 is 0.467 bits per heavy atom. The normalized spacial score (nSPS) is 10.6. The number of nitrogens with zero attached hydrogens (tertiary/aromatic N) is 12. The van der Waals surface area contributed by atoms with E-state index in [-0.39, 0.29) is 40.6 Å². The summed E-state index contributed by atoms with van der Waals surface area (Å²) in [5.41, 5.74) is 17.2. The number of carbonyl (C=O) groups excluding carboxylic acids is 5. The van der Waals surface area contributed by atoms with E-state index >= 15 is 0 Å². The second-order valence-electron chi connectivity index (χ2n) is 29.7. The van der Waals surface area contributed by atoms with Crippen LogP contribution in [0.25, 0.3) is 137 Å². The van der Waals surface area contributed by atoms with Crippen molar-refractivity contribution >= 4 is 41.2 Å². The van der Waals surface area contributed by atoms with E-state index in [1.165, 1.54) is 88.1 Å². The minimum Gasteiger partial charge on any atom is -0.507 e. The lowest BCUT2D eigenvalue weighted by Crippen LogP contribution is -2.05. The number of aromatic nitrogens is 12. The Bertz CT molecular complexity index is 7020. The molecule has 4 aromatic heterocycles. The van der Waals surface area contributed by atoms with Gasteiger partial charge in [0.2, 0.25) is 5.91 Å². The number of phenolic OH excluding ortho intramolecular Hbond substituents is 4. The summed E-state index contributed by atoms with van der Waals surface area (Å²) < 4.78 is 45.7. The van der Waals surface area contributed by atoms with Gasteiger partial charge in [0.15, 0.2) is 69.9 Å². The lowest BCUT2D eigenvalue weighted by molar-refractivity contribution is -0.114. The van der Waals surface area contributed by atoms with E-state index in [9.17, 15) is 44.4 Å². The second kappa shape index (κ2) is 43.8. The number of phenols is 4. The van der Waals surface area contributed by atoms with Gasteiger partial charge in [0.25, 0.3) is 0 Å². The first-order chi connectivity index (χ1) is 66.4. The van der Waals surface area contributed by atoms with Crippen LogP contribution >= 0.6 is 0 Å². The Morgan fingerprint density at radius 1 is 0.255 bits per heavy atom. The molecule has 13 aromatic carbocycles. The molecule has 0 radical (unpaired) electrons. The molecule has 0 bridgehead atoms. The zero-order chi connectivity index (χ0) is 96.8. The van der Waals surface area contributed by atoms with E-state index < -0.39 is 23.9 Å². The lowest BCUT2D eigenvalue weighted by Gasteiger charge is -2.11. The summed E-state index contributed by atoms with van der Waals surface area (Å²) in [6.07, 6.45) is 0. The number of para-hydroxylation sites is 1. The topological polar surface area (TPSA) is 442 Å². The number of benzene rings is 13. The van der Waals surface area contributed by atoms with Crippen molar-refractivity contribution in [1.29, 1.82) is 0 Å². The van der Waals surface area contributed by atoms with Crippen LogP contribution in [0.3, 0.4) is 0 Å². The molecule has 17 aromatic rings. The summed E-state index contributed by atoms with van der Waals surface area (Å²) in [6.45, 7) is 3.44. The van der Waals surface area contributed by atoms with Gasteiger partial charge in [0.05, 0.1) is 101 Å². The highest BCUT2D eigenvalue weighted by atomic mass is 16.5. The van der Waals surface area contributed by atoms with Gasteiger partial charge in [-0.25, -0.2) is 79.0 Å². The van der Waals surface area contributed by atoms with Crippen LogP contribution in [0.1, 0.15) is 53.9 Å². The molecular formula is C105H86N14O18. The number of anilines is 2. The predicted molar refractivity (Wildman–Crippen MR) is 513 cm³/mol. The van der Waals surface area contributed by atoms with Crippen LogP contribution in [0, 0.1) is 6.92 Å². The Hall–Kier alpha value is -18.8. The third-order valence-electron chi connectivity index (χ3n) is 20.6. The zero-order valence-electron chi connectivity index (χ0n) is 75.2. The number of hydrogen-bond acceptors (Lipinski definition) is 31. The first kappa shape index (κ1) is 94.4. The number of aromatic hydroxyl groups is 4. The van der Waals surface area contributed by atoms with Crippen LogP contribution in [-0.4, -0.2) is 167 Å². The molecular weight excluding hydrogens is 1750 g/mol. The van der Waals surface area contributed by atoms with Crippen molar-refractivity contribution in [2.24, 2.45) is 0 Å². The molecule has 32 heteroatoms. The van der Waals surface area contributed by atoms with E-state index in [0.717, 1.165) is 28.0 Å². The number of ether oxygens (including phenoxy) is 9. The number of amides is 1. The molecule has 0 saturated carbocycles. The maximum absolute atomic E-state index is 11.9. The van der Waals surface area contributed by atoms with Gasteiger partial charge < -0.3 is 74.1 Å². The first-order valence-corrected chi connectivity index (χ1v) is 41.8. The van der Waals surface area contributed by atoms with Crippen LogP contribution in [0.15, 0.2) is 297 Å². The minimum absolute atomic E-state index is 0.00241. The van der Waals surface area contributed by atoms with Crippen molar-refractivity contribution in [3.63, 3.8) is 0 Å². The van der Waals surface area contributed by atoms with Crippen molar-refractivity contribution < 1.29 is 87.0 Å². The standard InChI is InChI=1S/C30H23N3O5.C26H22N4O5.C25H21N3O4.C24H20N4O4/c1-36-24-16-17-25(26(34)18-24)29-32-27(19-8-10-21(11-9-19)30(35)37-2)31-28(33-29)20-12-14-23(15-13-20)38-22-6-4-3-5-7-22;1-15(31)27-19-10-8-17(9-11-19)24-28-23(16-4-6-18(7-5-16)26(33)35-3)29-25(30-24)21-13-12-20(34-2)14-22(21)32;1-15-4-6-16(7-5-15)22-26-23(17-8-10-18(11-9-17)25(30)32-3)28-24(27-22)20-13-12-19(31-2)14-21(20)29;1-31-18-11-12-19(20(29)13-18)23-27-21(14-3-5-16(6-4-14)24(30)32-2)26-22(28-23)15-7-9-17(25)10-8-15/h3-18,34H,1-2H3;4-14,32H,1-3H3,(H,27,31);4-14,29H,1-3H3;3-13,29H,25H2,1-2H3. The predicted octanol–water partition coefficient (Wildman–Crippen LogP) is 19.1. The number of hydrogen-bond donors (Lipinski definition) is 6. The van der Waals surface area contributed by atoms with Crippen LogP contribution < -0.4 is 34.7 Å². The zero-order valence-corrected chi connectivity index (χ0v) is 75.2. The van der Waals surface area contributed by atoms with Crippen LogP contribution in [-0.2, 0) is 23.7 Å². The number of aryl methyl sites for hydroxylation is 1. The Balaban J connectivity index is 0.000000146. The molecule has 32 nitrogen and oxygen atoms in total. The number of nitrogens with two attached hydrogens (primary N) is 1. The maximum Gasteiger partial charge on any atom is 0.337 e. The Kier molecular flexibility index (Phi) is 30.2. The van der Waals surface area contributed by atoms with Gasteiger partial charge >= 0.3 is 23.9 Å². The van der Waals surface area contributed by atoms with Crippen LogP contribution in [0.2, 0.25) is 0 Å². The summed E-state index contributed by atoms with van der Waals surface area (Å²) in [6, 6.07) is 85.5. The summed E-state index contributed by atoms with van der Waals surface area (Å²) in [7, 11) is 11.4. The molecule has 0 aliphatic carbocycles. The van der Waals surface area contributed by atoms with E-state index in [4.69, 9.17) is 48.4 Å². The fourth-order valence-electron chi connectivity index (χ4n) is 13.4. The average Bonchev–Trinajstić information content (AvgIpc) is 0.800. The van der Waals surface area contributed by atoms with Crippen molar-refractivity contribution in [2.75, 3.05) is 67.9 Å². The smallest absolute Gasteiger partial charge is 0.337 e. The van der Waals surface area contributed by atoms with E-state index in [1.54, 1.807) is 182 Å². The SMILES string of the molecule is COC(=O)c1ccc(-c2nc(-c3ccc(C)cc3)nc(-c3ccc(OC)cc3O)n2)cc1.COC(=O)c1ccc(-c2nc(-c3ccc(N)cc3)nc(-c3ccc(OC)cc3O)n2)cc1.COC(=O)c1ccc(-c2nc(-c3ccc(NC(C)=O)cc3)nc(-c3ccc(OC)cc3O)n2)cc1.COC(=O)c1ccc(-c2nc(-c3ccc(Oc4ccccc4)cc3)nc(-c3ccc(OC)cc3O)n2)cc1. The molecule has 0 aliphatic heterocycles. The molecule has 17 rings (SSSR count). The number of rotatable bonds is 23. The van der Waals surface area contributed by atoms with Crippen LogP contribution in [0.4, 0.5) is 11.4 Å². The van der Waals surface area contributed by atoms with Gasteiger partial charge in [-0.2, -0.15) is 0 Å². The molecule has 137 heavy (non-hydrogen) atoms. The average molecular weight is 1830 g/mol. The molecule has 0 unspecified atom stereocenters. The van der Waals surface area contributed by atoms with Gasteiger partial charge in [0, 0.05) is 87.1 Å². The third kappa shape index (κ3) is 23.5. The van der Waals surface area contributed by atoms with Crippen LogP contribution in [0.5, 0.6) is 57.5 Å². The lowest BCUT2D eigenvalue weighted by atomic mass is 10.1. The number of methoxy groups -OCH3 is 8. The minimum atomic E-state index is -0.448. The fourth-order valence-corrected chi connectivity index (χ4v) is 13.4. The van der Waals surface area contributed by atoms with Gasteiger partial charge in [-0.15, -0.1) is 0 Å². The fraction of sp³-hybridized carbons (Fsp3) is 0.0952. The number of esters is 4. The highest BCUT2D eigenvalue weighted by molar-refractivity contribution is 5.93. The molecule has 7 N–H and O–H groups in total. The summed E-state index contributed by atoms with van der Waals surface area (Å²) >= 11 is 0. The van der Waals surface area contributed by atoms with E-state index in [0.29, 0.717) is 171 Å². The van der Waals surface area contributed by atoms with Gasteiger partial charge in [-0.3, -0.25) is 4.79 Å².